The van der Waals surface area contributed by atoms with Crippen LogP contribution in [0.15, 0.2) is 42.9 Å². The van der Waals surface area contributed by atoms with E-state index in [1.165, 1.54) is 6.33 Å². The van der Waals surface area contributed by atoms with Gasteiger partial charge in [0.05, 0.1) is 18.1 Å². The fourth-order valence-electron chi connectivity index (χ4n) is 2.05. The third-order valence-electron chi connectivity index (χ3n) is 3.22. The van der Waals surface area contributed by atoms with Gasteiger partial charge in [-0.2, -0.15) is 0 Å². The van der Waals surface area contributed by atoms with E-state index in [0.717, 1.165) is 5.56 Å². The highest BCUT2D eigenvalue weighted by atomic mass is 16.4. The zero-order valence-corrected chi connectivity index (χ0v) is 11.9. The number of imidazole rings is 1. The molecule has 0 saturated carbocycles. The van der Waals surface area contributed by atoms with E-state index in [4.69, 9.17) is 5.73 Å². The molecule has 1 aromatic heterocycles. The Hall–Kier alpha value is -2.67. The molecular formula is C15H18N4O3. The van der Waals surface area contributed by atoms with E-state index in [1.54, 1.807) is 6.20 Å². The molecule has 0 fully saturated rings. The molecule has 2 rings (SSSR count). The molecule has 2 aromatic rings. The van der Waals surface area contributed by atoms with Gasteiger partial charge < -0.3 is 21.1 Å². The number of rotatable bonds is 7. The lowest BCUT2D eigenvalue weighted by Gasteiger charge is -2.17. The van der Waals surface area contributed by atoms with Crippen LogP contribution in [0.4, 0.5) is 0 Å². The van der Waals surface area contributed by atoms with Gasteiger partial charge in [-0.3, -0.25) is 4.79 Å². The number of benzene rings is 1. The smallest absolute Gasteiger partial charge is 0.326 e. The summed E-state index contributed by atoms with van der Waals surface area (Å²) in [6, 6.07) is 7.46. The number of hydrogen-bond donors (Lipinski definition) is 4. The van der Waals surface area contributed by atoms with Crippen molar-refractivity contribution in [1.82, 2.24) is 15.3 Å². The molecular weight excluding hydrogens is 284 g/mol. The standard InChI is InChI=1S/C15H18N4O3/c16-12(6-10-4-2-1-3-5-10)14(20)19-13(15(21)22)7-11-8-17-9-18-11/h1-5,8-9,12-13H,6-7,16H2,(H,17,18)(H,19,20)(H,21,22)/t12?,13-/m0/s1. The second-order valence-electron chi connectivity index (χ2n) is 4.96. The second kappa shape index (κ2) is 7.37. The molecule has 1 heterocycles. The number of nitrogens with zero attached hydrogens (tertiary/aromatic N) is 1. The Labute approximate surface area is 127 Å². The molecule has 5 N–H and O–H groups in total. The number of nitrogens with one attached hydrogen (secondary N) is 2. The van der Waals surface area contributed by atoms with Crippen LogP contribution >= 0.6 is 0 Å². The van der Waals surface area contributed by atoms with E-state index in [9.17, 15) is 14.7 Å². The van der Waals surface area contributed by atoms with Crippen molar-refractivity contribution in [3.05, 3.63) is 54.1 Å². The molecule has 0 radical (unpaired) electrons. The van der Waals surface area contributed by atoms with Crippen LogP contribution in [-0.4, -0.2) is 39.0 Å². The predicted octanol–water partition coefficient (Wildman–Crippen LogP) is 0.0916. The molecule has 116 valence electrons. The molecule has 0 spiro atoms. The van der Waals surface area contributed by atoms with Crippen molar-refractivity contribution >= 4 is 11.9 Å². The Morgan fingerprint density at radius 2 is 2.00 bits per heavy atom. The van der Waals surface area contributed by atoms with Gasteiger partial charge in [0.25, 0.3) is 0 Å². The van der Waals surface area contributed by atoms with E-state index in [1.807, 2.05) is 30.3 Å². The summed E-state index contributed by atoms with van der Waals surface area (Å²) in [6.07, 6.45) is 3.49. The Balaban J connectivity index is 1.94. The van der Waals surface area contributed by atoms with Crippen LogP contribution in [0.3, 0.4) is 0 Å². The summed E-state index contributed by atoms with van der Waals surface area (Å²) in [5.41, 5.74) is 7.32. The minimum Gasteiger partial charge on any atom is -0.480 e. The van der Waals surface area contributed by atoms with Gasteiger partial charge in [-0.05, 0) is 12.0 Å². The highest BCUT2D eigenvalue weighted by Crippen LogP contribution is 2.03. The van der Waals surface area contributed by atoms with Crippen LogP contribution in [-0.2, 0) is 22.4 Å². The zero-order valence-electron chi connectivity index (χ0n) is 11.9. The molecule has 0 aliphatic heterocycles. The van der Waals surface area contributed by atoms with Gasteiger partial charge in [-0.25, -0.2) is 9.78 Å². The van der Waals surface area contributed by atoms with Crippen molar-refractivity contribution in [3.63, 3.8) is 0 Å². The van der Waals surface area contributed by atoms with Gasteiger partial charge in [-0.1, -0.05) is 30.3 Å². The largest absolute Gasteiger partial charge is 0.480 e. The van der Waals surface area contributed by atoms with E-state index in [0.29, 0.717) is 12.1 Å². The summed E-state index contributed by atoms with van der Waals surface area (Å²) in [5.74, 6) is -1.62. The molecule has 22 heavy (non-hydrogen) atoms. The van der Waals surface area contributed by atoms with E-state index in [-0.39, 0.29) is 6.42 Å². The van der Waals surface area contributed by atoms with Crippen LogP contribution in [0.5, 0.6) is 0 Å². The summed E-state index contributed by atoms with van der Waals surface area (Å²) in [5, 5.41) is 11.7. The highest BCUT2D eigenvalue weighted by molar-refractivity contribution is 5.87. The average Bonchev–Trinajstić information content (AvgIpc) is 3.00. The molecule has 2 atom stereocenters. The third-order valence-corrected chi connectivity index (χ3v) is 3.22. The molecule has 0 aliphatic carbocycles. The average molecular weight is 302 g/mol. The number of nitrogens with two attached hydrogens (primary N) is 1. The van der Waals surface area contributed by atoms with Crippen LogP contribution in [0, 0.1) is 0 Å². The maximum absolute atomic E-state index is 12.1. The molecule has 1 amide bonds. The van der Waals surface area contributed by atoms with Gasteiger partial charge in [-0.15, -0.1) is 0 Å². The number of aliphatic carboxylic acids is 1. The molecule has 1 aromatic carbocycles. The first kappa shape index (κ1) is 15.7. The zero-order chi connectivity index (χ0) is 15.9. The molecule has 0 bridgehead atoms. The Morgan fingerprint density at radius 3 is 2.59 bits per heavy atom. The lowest BCUT2D eigenvalue weighted by atomic mass is 10.1. The number of aromatic nitrogens is 2. The first-order valence-electron chi connectivity index (χ1n) is 6.86. The highest BCUT2D eigenvalue weighted by Gasteiger charge is 2.24. The van der Waals surface area contributed by atoms with Crippen LogP contribution < -0.4 is 11.1 Å². The minimum atomic E-state index is -1.12. The fraction of sp³-hybridized carbons (Fsp3) is 0.267. The van der Waals surface area contributed by atoms with Crippen molar-refractivity contribution in [2.45, 2.75) is 24.9 Å². The number of hydrogen-bond acceptors (Lipinski definition) is 4. The Bertz CT molecular complexity index is 613. The van der Waals surface area contributed by atoms with Crippen LogP contribution in [0.25, 0.3) is 0 Å². The third kappa shape index (κ3) is 4.42. The second-order valence-corrected chi connectivity index (χ2v) is 4.96. The summed E-state index contributed by atoms with van der Waals surface area (Å²) in [7, 11) is 0. The monoisotopic (exact) mass is 302 g/mol. The van der Waals surface area contributed by atoms with Crippen LogP contribution in [0.2, 0.25) is 0 Å². The number of carboxylic acid groups (broad SMARTS) is 1. The first-order valence-corrected chi connectivity index (χ1v) is 6.86. The lowest BCUT2D eigenvalue weighted by molar-refractivity contribution is -0.142. The van der Waals surface area contributed by atoms with Crippen LogP contribution in [0.1, 0.15) is 11.3 Å². The quantitative estimate of drug-likeness (QED) is 0.577. The number of carboxylic acids is 1. The predicted molar refractivity (Wildman–Crippen MR) is 80.0 cm³/mol. The summed E-state index contributed by atoms with van der Waals surface area (Å²) < 4.78 is 0. The lowest BCUT2D eigenvalue weighted by Crippen LogP contribution is -2.50. The van der Waals surface area contributed by atoms with E-state index < -0.39 is 24.0 Å². The number of carbonyl (C=O) groups excluding carboxylic acids is 1. The van der Waals surface area contributed by atoms with Gasteiger partial charge >= 0.3 is 5.97 Å². The number of H-pyrrole nitrogens is 1. The summed E-state index contributed by atoms with van der Waals surface area (Å²) in [6.45, 7) is 0. The van der Waals surface area contributed by atoms with E-state index in [2.05, 4.69) is 15.3 Å². The molecule has 1 unspecified atom stereocenters. The van der Waals surface area contributed by atoms with E-state index >= 15 is 0 Å². The fourth-order valence-corrected chi connectivity index (χ4v) is 2.05. The Kier molecular flexibility index (Phi) is 5.26. The SMILES string of the molecule is NC(Cc1ccccc1)C(=O)N[C@@H](Cc1c[nH]cn1)C(=O)O. The number of amides is 1. The molecule has 0 saturated heterocycles. The molecule has 7 nitrogen and oxygen atoms in total. The van der Waals surface area contributed by atoms with Gasteiger partial charge in [0.1, 0.15) is 6.04 Å². The topological polar surface area (TPSA) is 121 Å². The van der Waals surface area contributed by atoms with Gasteiger partial charge in [0, 0.05) is 12.6 Å². The summed E-state index contributed by atoms with van der Waals surface area (Å²) >= 11 is 0. The van der Waals surface area contributed by atoms with Crippen molar-refractivity contribution in [2.75, 3.05) is 0 Å². The van der Waals surface area contributed by atoms with Crippen molar-refractivity contribution in [1.29, 1.82) is 0 Å². The molecule has 7 heteroatoms. The normalized spacial score (nSPS) is 13.3. The minimum absolute atomic E-state index is 0.0998. The van der Waals surface area contributed by atoms with Crippen molar-refractivity contribution in [3.8, 4) is 0 Å². The van der Waals surface area contributed by atoms with Gasteiger partial charge in [0.2, 0.25) is 5.91 Å². The Morgan fingerprint density at radius 1 is 1.27 bits per heavy atom. The van der Waals surface area contributed by atoms with Crippen molar-refractivity contribution in [2.24, 2.45) is 5.73 Å². The first-order chi connectivity index (χ1) is 10.6. The maximum atomic E-state index is 12.1. The van der Waals surface area contributed by atoms with Gasteiger partial charge in [0.15, 0.2) is 0 Å². The number of aromatic amines is 1. The maximum Gasteiger partial charge on any atom is 0.326 e. The summed E-state index contributed by atoms with van der Waals surface area (Å²) in [4.78, 5) is 30.0. The van der Waals surface area contributed by atoms with Crippen molar-refractivity contribution < 1.29 is 14.7 Å². The number of carbonyl (C=O) groups is 2. The molecule has 0 aliphatic rings.